The minimum absolute atomic E-state index is 0.0543. The number of nitrogen functional groups attached to an aromatic ring is 1. The van der Waals surface area contributed by atoms with Gasteiger partial charge in [0.25, 0.3) is 0 Å². The van der Waals surface area contributed by atoms with Crippen molar-refractivity contribution in [3.63, 3.8) is 0 Å². The topological polar surface area (TPSA) is 138 Å². The summed E-state index contributed by atoms with van der Waals surface area (Å²) in [5.41, 5.74) is 7.04. The molecule has 0 fully saturated rings. The van der Waals surface area contributed by atoms with Gasteiger partial charge in [-0.2, -0.15) is 0 Å². The fourth-order valence-electron chi connectivity index (χ4n) is 3.23. The lowest BCUT2D eigenvalue weighted by atomic mass is 10.2. The molecule has 212 valence electrons. The zero-order chi connectivity index (χ0) is 28.5. The minimum Gasteiger partial charge on any atom is -0.507 e. The van der Waals surface area contributed by atoms with Crippen molar-refractivity contribution in [1.82, 2.24) is 9.80 Å². The maximum absolute atomic E-state index is 11.8. The molecule has 38 heavy (non-hydrogen) atoms. The lowest BCUT2D eigenvalue weighted by molar-refractivity contribution is 0.0458. The fraction of sp³-hybridized carbons (Fsp3) is 0.500. The molecule has 2 aromatic rings. The molecule has 0 radical (unpaired) electrons. The van der Waals surface area contributed by atoms with E-state index in [1.807, 2.05) is 19.0 Å². The van der Waals surface area contributed by atoms with Crippen LogP contribution in [0, 0.1) is 0 Å². The number of carbonyl (C=O) groups excluding carboxylic acids is 2. The van der Waals surface area contributed by atoms with Gasteiger partial charge < -0.3 is 40.5 Å². The lowest BCUT2D eigenvalue weighted by Gasteiger charge is -2.17. The number of carbonyl (C=O) groups is 2. The van der Waals surface area contributed by atoms with Crippen LogP contribution in [0.5, 0.6) is 11.5 Å². The zero-order valence-electron chi connectivity index (χ0n) is 23.3. The minimum atomic E-state index is -0.528. The highest BCUT2D eigenvalue weighted by molar-refractivity contribution is 5.93. The van der Waals surface area contributed by atoms with Crippen LogP contribution in [0.15, 0.2) is 36.4 Å². The van der Waals surface area contributed by atoms with E-state index in [0.29, 0.717) is 32.0 Å². The maximum atomic E-state index is 11.8. The number of anilines is 2. The number of unbranched alkanes of at least 4 members (excludes halogenated alkanes) is 1. The van der Waals surface area contributed by atoms with Crippen molar-refractivity contribution in [3.8, 4) is 11.5 Å². The van der Waals surface area contributed by atoms with Crippen molar-refractivity contribution in [1.29, 1.82) is 0 Å². The van der Waals surface area contributed by atoms with Crippen LogP contribution in [0.1, 0.15) is 54.3 Å². The lowest BCUT2D eigenvalue weighted by Crippen LogP contribution is -2.27. The molecule has 0 saturated carbocycles. The van der Waals surface area contributed by atoms with E-state index in [-0.39, 0.29) is 22.6 Å². The molecule has 2 rings (SSSR count). The van der Waals surface area contributed by atoms with Crippen LogP contribution in [0.25, 0.3) is 0 Å². The largest absolute Gasteiger partial charge is 0.507 e. The Morgan fingerprint density at radius 1 is 0.868 bits per heavy atom. The summed E-state index contributed by atoms with van der Waals surface area (Å²) in [6.07, 6.45) is 2.17. The number of hydrogen-bond acceptors (Lipinski definition) is 10. The average molecular weight is 533 g/mol. The molecule has 5 N–H and O–H groups in total. The van der Waals surface area contributed by atoms with Gasteiger partial charge in [0, 0.05) is 43.1 Å². The highest BCUT2D eigenvalue weighted by atomic mass is 16.5. The Balaban J connectivity index is 0.000000382. The number of rotatable bonds is 14. The molecule has 0 unspecified atom stereocenters. The molecule has 0 aromatic heterocycles. The molecule has 0 aliphatic heterocycles. The highest BCUT2D eigenvalue weighted by Gasteiger charge is 2.14. The van der Waals surface area contributed by atoms with Crippen LogP contribution in [0.4, 0.5) is 11.4 Å². The third-order valence-electron chi connectivity index (χ3n) is 5.63. The van der Waals surface area contributed by atoms with Crippen LogP contribution in [0.3, 0.4) is 0 Å². The normalized spacial score (nSPS) is 10.6. The van der Waals surface area contributed by atoms with E-state index in [2.05, 4.69) is 31.0 Å². The van der Waals surface area contributed by atoms with Gasteiger partial charge in [-0.15, -0.1) is 0 Å². The number of phenolic OH excluding ortho intramolecular Hbond substituents is 2. The van der Waals surface area contributed by atoms with Crippen LogP contribution >= 0.6 is 0 Å². The first kappa shape index (κ1) is 32.5. The Morgan fingerprint density at radius 2 is 1.42 bits per heavy atom. The van der Waals surface area contributed by atoms with Crippen molar-refractivity contribution >= 4 is 23.3 Å². The third-order valence-corrected chi connectivity index (χ3v) is 5.63. The van der Waals surface area contributed by atoms with E-state index in [1.165, 1.54) is 12.1 Å². The van der Waals surface area contributed by atoms with E-state index < -0.39 is 11.9 Å². The van der Waals surface area contributed by atoms with Crippen molar-refractivity contribution in [3.05, 3.63) is 47.5 Å². The summed E-state index contributed by atoms with van der Waals surface area (Å²) in [6.45, 7) is 10.9. The van der Waals surface area contributed by atoms with Crippen molar-refractivity contribution in [2.24, 2.45) is 0 Å². The SMILES string of the molecule is CCCCNc1ccc(C(=O)OCCN(C)C)c(O)c1.CCN(CC)CCOC(=O)c1ccc(N)cc1O. The fourth-order valence-corrected chi connectivity index (χ4v) is 3.23. The number of ether oxygens (including phenoxy) is 2. The van der Waals surface area contributed by atoms with Crippen molar-refractivity contribution in [2.45, 2.75) is 33.6 Å². The first-order valence-electron chi connectivity index (χ1n) is 13.0. The molecule has 0 amide bonds. The number of esters is 2. The maximum Gasteiger partial charge on any atom is 0.341 e. The van der Waals surface area contributed by atoms with Gasteiger partial charge in [-0.05, 0) is 57.9 Å². The Bertz CT molecular complexity index is 995. The molecule has 2 aromatic carbocycles. The summed E-state index contributed by atoms with van der Waals surface area (Å²) < 4.78 is 10.2. The summed E-state index contributed by atoms with van der Waals surface area (Å²) in [5, 5.41) is 22.6. The third kappa shape index (κ3) is 12.2. The second-order valence-electron chi connectivity index (χ2n) is 8.89. The molecular formula is C28H44N4O6. The smallest absolute Gasteiger partial charge is 0.341 e. The van der Waals surface area contributed by atoms with E-state index in [9.17, 15) is 19.8 Å². The molecule has 0 aliphatic rings. The first-order chi connectivity index (χ1) is 18.1. The van der Waals surface area contributed by atoms with Gasteiger partial charge in [0.15, 0.2) is 0 Å². The summed E-state index contributed by atoms with van der Waals surface area (Å²) in [7, 11) is 3.81. The zero-order valence-corrected chi connectivity index (χ0v) is 23.3. The number of aromatic hydroxyl groups is 2. The second-order valence-corrected chi connectivity index (χ2v) is 8.89. The molecule has 0 heterocycles. The van der Waals surface area contributed by atoms with Crippen LogP contribution in [-0.2, 0) is 9.47 Å². The van der Waals surface area contributed by atoms with Crippen LogP contribution in [0.2, 0.25) is 0 Å². The number of nitrogens with zero attached hydrogens (tertiary/aromatic N) is 2. The average Bonchev–Trinajstić information content (AvgIpc) is 2.87. The number of hydrogen-bond donors (Lipinski definition) is 4. The molecule has 0 aliphatic carbocycles. The number of nitrogens with two attached hydrogens (primary N) is 1. The van der Waals surface area contributed by atoms with Crippen molar-refractivity contribution < 1.29 is 29.3 Å². The van der Waals surface area contributed by atoms with E-state index in [4.69, 9.17) is 15.2 Å². The Kier molecular flexibility index (Phi) is 15.3. The number of likely N-dealkylation sites (N-methyl/N-ethyl adjacent to an activating group) is 2. The van der Waals surface area contributed by atoms with Crippen LogP contribution < -0.4 is 11.1 Å². The highest BCUT2D eigenvalue weighted by Crippen LogP contribution is 2.23. The quantitative estimate of drug-likeness (QED) is 0.161. The van der Waals surface area contributed by atoms with Gasteiger partial charge in [0.05, 0.1) is 0 Å². The Morgan fingerprint density at radius 3 is 1.92 bits per heavy atom. The number of benzene rings is 2. The predicted octanol–water partition coefficient (Wildman–Crippen LogP) is 3.80. The van der Waals surface area contributed by atoms with Crippen LogP contribution in [-0.4, -0.2) is 92.0 Å². The monoisotopic (exact) mass is 532 g/mol. The van der Waals surface area contributed by atoms with Gasteiger partial charge in [-0.1, -0.05) is 27.2 Å². The van der Waals surface area contributed by atoms with Gasteiger partial charge in [-0.3, -0.25) is 0 Å². The van der Waals surface area contributed by atoms with Gasteiger partial charge >= 0.3 is 11.9 Å². The number of phenols is 2. The summed E-state index contributed by atoms with van der Waals surface area (Å²) in [5.74, 6) is -1.23. The second kappa shape index (κ2) is 17.9. The summed E-state index contributed by atoms with van der Waals surface area (Å²) >= 11 is 0. The standard InChI is InChI=1S/C15H24N2O3.C13H20N2O3/c1-4-5-8-16-12-6-7-13(14(18)11-12)15(19)20-10-9-17(2)3;1-3-15(4-2)7-8-18-13(17)11-6-5-10(14)9-12(11)16/h6-7,11,16,18H,4-5,8-10H2,1-3H3;5-6,9,16H,3-4,7-8,14H2,1-2H3. The molecule has 10 nitrogen and oxygen atoms in total. The number of nitrogens with one attached hydrogen (secondary N) is 1. The Hall–Kier alpha value is -3.50. The van der Waals surface area contributed by atoms with E-state index >= 15 is 0 Å². The molecule has 10 heteroatoms. The molecule has 0 spiro atoms. The molecule has 0 atom stereocenters. The van der Waals surface area contributed by atoms with E-state index in [1.54, 1.807) is 24.3 Å². The molecule has 0 saturated heterocycles. The Labute approximate surface area is 226 Å². The van der Waals surface area contributed by atoms with Gasteiger partial charge in [0.1, 0.15) is 35.8 Å². The first-order valence-corrected chi connectivity index (χ1v) is 13.0. The van der Waals surface area contributed by atoms with Crippen molar-refractivity contribution in [2.75, 3.05) is 71.1 Å². The van der Waals surface area contributed by atoms with Gasteiger partial charge in [0.2, 0.25) is 0 Å². The van der Waals surface area contributed by atoms with E-state index in [0.717, 1.165) is 38.2 Å². The van der Waals surface area contributed by atoms with Gasteiger partial charge in [-0.25, -0.2) is 9.59 Å². The molecular weight excluding hydrogens is 488 g/mol. The molecule has 0 bridgehead atoms. The predicted molar refractivity (Wildman–Crippen MR) is 151 cm³/mol. The summed E-state index contributed by atoms with van der Waals surface area (Å²) in [6, 6.07) is 9.27. The summed E-state index contributed by atoms with van der Waals surface area (Å²) in [4.78, 5) is 27.6.